The van der Waals surface area contributed by atoms with Crippen molar-refractivity contribution in [2.45, 2.75) is 31.7 Å². The quantitative estimate of drug-likeness (QED) is 0.819. The van der Waals surface area contributed by atoms with Gasteiger partial charge in [0.05, 0.1) is 0 Å². The Morgan fingerprint density at radius 1 is 1.28 bits per heavy atom. The summed E-state index contributed by atoms with van der Waals surface area (Å²) in [7, 11) is 0. The molecule has 0 bridgehead atoms. The van der Waals surface area contributed by atoms with Gasteiger partial charge in [-0.15, -0.1) is 0 Å². The van der Waals surface area contributed by atoms with Crippen LogP contribution in [0.15, 0.2) is 30.3 Å². The van der Waals surface area contributed by atoms with Gasteiger partial charge in [0, 0.05) is 5.92 Å². The number of thiocarbonyl (C=S) groups is 1. The van der Waals surface area contributed by atoms with Gasteiger partial charge >= 0.3 is 0 Å². The predicted molar refractivity (Wildman–Crippen MR) is 76.1 cm³/mol. The van der Waals surface area contributed by atoms with E-state index in [-0.39, 0.29) is 17.9 Å². The minimum atomic E-state index is -0.353. The molecule has 0 heterocycles. The number of carbonyl (C=O) groups excluding carboxylic acids is 1. The Kier molecular flexibility index (Phi) is 4.31. The number of hydrogen-bond donors (Lipinski definition) is 2. The summed E-state index contributed by atoms with van der Waals surface area (Å²) in [6.07, 6.45) is 4.23. The van der Waals surface area contributed by atoms with Crippen molar-refractivity contribution in [2.75, 3.05) is 0 Å². The van der Waals surface area contributed by atoms with E-state index in [4.69, 9.17) is 18.0 Å². The summed E-state index contributed by atoms with van der Waals surface area (Å²) in [6.45, 7) is 0. The number of benzene rings is 1. The highest BCUT2D eigenvalue weighted by Crippen LogP contribution is 2.25. The molecule has 1 fully saturated rings. The fourth-order valence-electron chi connectivity index (χ4n) is 2.41. The Bertz CT molecular complexity index is 427. The fourth-order valence-corrected chi connectivity index (χ4v) is 2.61. The van der Waals surface area contributed by atoms with E-state index in [1.165, 1.54) is 0 Å². The molecule has 1 aromatic rings. The Morgan fingerprint density at radius 3 is 2.44 bits per heavy atom. The predicted octanol–water partition coefficient (Wildman–Crippen LogP) is 2.32. The van der Waals surface area contributed by atoms with Gasteiger partial charge in [-0.25, -0.2) is 0 Å². The van der Waals surface area contributed by atoms with E-state index < -0.39 is 0 Å². The molecule has 18 heavy (non-hydrogen) atoms. The van der Waals surface area contributed by atoms with Crippen LogP contribution in [0, 0.1) is 5.92 Å². The topological polar surface area (TPSA) is 55.1 Å². The van der Waals surface area contributed by atoms with Crippen molar-refractivity contribution in [3.63, 3.8) is 0 Å². The van der Waals surface area contributed by atoms with Gasteiger partial charge in [-0.1, -0.05) is 55.4 Å². The third kappa shape index (κ3) is 3.07. The number of nitrogens with two attached hydrogens (primary N) is 1. The zero-order valence-electron chi connectivity index (χ0n) is 10.3. The van der Waals surface area contributed by atoms with E-state index in [0.717, 1.165) is 31.2 Å². The summed E-state index contributed by atoms with van der Waals surface area (Å²) in [5, 5.41) is 2.97. The summed E-state index contributed by atoms with van der Waals surface area (Å²) < 4.78 is 0. The Labute approximate surface area is 113 Å². The molecule has 0 radical (unpaired) electrons. The molecular formula is C14H18N2OS. The number of hydrogen-bond acceptors (Lipinski definition) is 2. The highest BCUT2D eigenvalue weighted by atomic mass is 32.1. The van der Waals surface area contributed by atoms with Crippen molar-refractivity contribution in [1.82, 2.24) is 5.32 Å². The molecule has 1 aromatic carbocycles. The van der Waals surface area contributed by atoms with Crippen molar-refractivity contribution in [2.24, 2.45) is 11.7 Å². The van der Waals surface area contributed by atoms with Crippen LogP contribution < -0.4 is 11.1 Å². The van der Waals surface area contributed by atoms with Gasteiger partial charge in [-0.2, -0.15) is 0 Å². The minimum absolute atomic E-state index is 0.0779. The summed E-state index contributed by atoms with van der Waals surface area (Å²) in [5.74, 6) is 0.208. The largest absolute Gasteiger partial charge is 0.391 e. The summed E-state index contributed by atoms with van der Waals surface area (Å²) in [5.41, 5.74) is 6.67. The maximum atomic E-state index is 12.1. The van der Waals surface area contributed by atoms with E-state index in [1.807, 2.05) is 30.3 Å². The van der Waals surface area contributed by atoms with Crippen molar-refractivity contribution < 1.29 is 4.79 Å². The summed E-state index contributed by atoms with van der Waals surface area (Å²) in [6, 6.07) is 9.27. The standard InChI is InChI=1S/C14H18N2OS/c15-13(18)12(10-6-2-1-3-7-10)16-14(17)11-8-4-5-9-11/h1-3,6-7,11-12H,4-5,8-9H2,(H2,15,18)(H,16,17). The average molecular weight is 262 g/mol. The number of nitrogens with one attached hydrogen (secondary N) is 1. The van der Waals surface area contributed by atoms with Crippen LogP contribution in [0.25, 0.3) is 0 Å². The third-order valence-electron chi connectivity index (χ3n) is 3.43. The van der Waals surface area contributed by atoms with Gasteiger partial charge in [0.15, 0.2) is 0 Å². The van der Waals surface area contributed by atoms with E-state index in [2.05, 4.69) is 5.32 Å². The average Bonchev–Trinajstić information content (AvgIpc) is 2.90. The maximum Gasteiger partial charge on any atom is 0.223 e. The fraction of sp³-hybridized carbons (Fsp3) is 0.429. The molecule has 2 rings (SSSR count). The third-order valence-corrected chi connectivity index (χ3v) is 3.67. The summed E-state index contributed by atoms with van der Waals surface area (Å²) in [4.78, 5) is 12.4. The molecule has 1 unspecified atom stereocenters. The first-order chi connectivity index (χ1) is 8.68. The van der Waals surface area contributed by atoms with Crippen LogP contribution in [0.4, 0.5) is 0 Å². The first kappa shape index (κ1) is 13.0. The monoisotopic (exact) mass is 262 g/mol. The molecule has 3 N–H and O–H groups in total. The zero-order chi connectivity index (χ0) is 13.0. The van der Waals surface area contributed by atoms with Crippen molar-refractivity contribution in [3.8, 4) is 0 Å². The van der Waals surface area contributed by atoms with Crippen LogP contribution in [0.2, 0.25) is 0 Å². The second-order valence-electron chi connectivity index (χ2n) is 4.74. The highest BCUT2D eigenvalue weighted by molar-refractivity contribution is 7.80. The lowest BCUT2D eigenvalue weighted by Crippen LogP contribution is -2.39. The van der Waals surface area contributed by atoms with Crippen molar-refractivity contribution in [1.29, 1.82) is 0 Å². The van der Waals surface area contributed by atoms with Crippen LogP contribution >= 0.6 is 12.2 Å². The van der Waals surface area contributed by atoms with Gasteiger partial charge < -0.3 is 11.1 Å². The Balaban J connectivity index is 2.07. The van der Waals surface area contributed by atoms with E-state index in [1.54, 1.807) is 0 Å². The number of carbonyl (C=O) groups is 1. The summed E-state index contributed by atoms with van der Waals surface area (Å²) >= 11 is 5.06. The normalized spacial score (nSPS) is 17.3. The molecule has 96 valence electrons. The van der Waals surface area contributed by atoms with Gasteiger partial charge in [-0.05, 0) is 18.4 Å². The Hall–Kier alpha value is -1.42. The van der Waals surface area contributed by atoms with Gasteiger partial charge in [0.25, 0.3) is 0 Å². The van der Waals surface area contributed by atoms with Gasteiger partial charge in [0.2, 0.25) is 5.91 Å². The maximum absolute atomic E-state index is 12.1. The molecule has 0 aromatic heterocycles. The van der Waals surface area contributed by atoms with Crippen molar-refractivity contribution >= 4 is 23.1 Å². The molecule has 0 saturated heterocycles. The van der Waals surface area contributed by atoms with Crippen LogP contribution in [0.5, 0.6) is 0 Å². The highest BCUT2D eigenvalue weighted by Gasteiger charge is 2.26. The first-order valence-corrected chi connectivity index (χ1v) is 6.74. The van der Waals surface area contributed by atoms with Crippen LogP contribution in [0.3, 0.4) is 0 Å². The Morgan fingerprint density at radius 2 is 1.89 bits per heavy atom. The number of amides is 1. The number of rotatable bonds is 4. The van der Waals surface area contributed by atoms with E-state index >= 15 is 0 Å². The molecule has 1 aliphatic carbocycles. The van der Waals surface area contributed by atoms with Gasteiger partial charge in [0.1, 0.15) is 11.0 Å². The van der Waals surface area contributed by atoms with Crippen LogP contribution in [0.1, 0.15) is 37.3 Å². The minimum Gasteiger partial charge on any atom is -0.391 e. The second kappa shape index (κ2) is 5.96. The lowest BCUT2D eigenvalue weighted by molar-refractivity contribution is -0.125. The molecule has 0 aliphatic heterocycles. The smallest absolute Gasteiger partial charge is 0.223 e. The van der Waals surface area contributed by atoms with E-state index in [9.17, 15) is 4.79 Å². The van der Waals surface area contributed by atoms with Crippen LogP contribution in [-0.4, -0.2) is 10.9 Å². The lowest BCUT2D eigenvalue weighted by atomic mass is 10.0. The molecule has 3 nitrogen and oxygen atoms in total. The molecule has 1 aliphatic rings. The molecular weight excluding hydrogens is 244 g/mol. The first-order valence-electron chi connectivity index (χ1n) is 6.33. The molecule has 4 heteroatoms. The molecule has 1 atom stereocenters. The molecule has 1 amide bonds. The SMILES string of the molecule is NC(=S)C(NC(=O)C1CCCC1)c1ccccc1. The second-order valence-corrected chi connectivity index (χ2v) is 5.21. The van der Waals surface area contributed by atoms with E-state index in [0.29, 0.717) is 4.99 Å². The van der Waals surface area contributed by atoms with Gasteiger partial charge in [-0.3, -0.25) is 4.79 Å². The zero-order valence-corrected chi connectivity index (χ0v) is 11.1. The lowest BCUT2D eigenvalue weighted by Gasteiger charge is -2.20. The van der Waals surface area contributed by atoms with Crippen molar-refractivity contribution in [3.05, 3.63) is 35.9 Å². The molecule has 1 saturated carbocycles. The van der Waals surface area contributed by atoms with Crippen LogP contribution in [-0.2, 0) is 4.79 Å². The molecule has 0 spiro atoms.